The van der Waals surface area contributed by atoms with E-state index < -0.39 is 0 Å². The molecular weight excluding hydrogens is 226 g/mol. The van der Waals surface area contributed by atoms with Crippen molar-refractivity contribution in [2.75, 3.05) is 6.54 Å². The van der Waals surface area contributed by atoms with Crippen LogP contribution in [0.25, 0.3) is 0 Å². The van der Waals surface area contributed by atoms with Crippen LogP contribution in [0.4, 0.5) is 0 Å². The SMILES string of the molecule is Cc1nnc(CN2CCC[C@H]2c2ccccc2)o1. The number of benzene rings is 1. The number of aryl methyl sites for hydroxylation is 1. The molecule has 0 unspecified atom stereocenters. The van der Waals surface area contributed by atoms with Gasteiger partial charge in [-0.25, -0.2) is 0 Å². The lowest BCUT2D eigenvalue weighted by atomic mass is 10.0. The van der Waals surface area contributed by atoms with E-state index in [4.69, 9.17) is 4.42 Å². The van der Waals surface area contributed by atoms with E-state index in [1.807, 2.05) is 6.92 Å². The first-order chi connectivity index (χ1) is 8.83. The molecule has 0 saturated carbocycles. The largest absolute Gasteiger partial charge is 0.424 e. The molecule has 94 valence electrons. The summed E-state index contributed by atoms with van der Waals surface area (Å²) in [6.45, 7) is 3.68. The Morgan fingerprint density at radius 1 is 1.28 bits per heavy atom. The second-order valence-electron chi connectivity index (χ2n) is 4.75. The van der Waals surface area contributed by atoms with Gasteiger partial charge in [-0.2, -0.15) is 0 Å². The minimum atomic E-state index is 0.485. The van der Waals surface area contributed by atoms with Crippen LogP contribution in [-0.4, -0.2) is 21.6 Å². The van der Waals surface area contributed by atoms with E-state index in [1.165, 1.54) is 18.4 Å². The zero-order valence-corrected chi connectivity index (χ0v) is 10.5. The van der Waals surface area contributed by atoms with Crippen LogP contribution in [0.1, 0.15) is 36.2 Å². The normalized spacial score (nSPS) is 20.4. The quantitative estimate of drug-likeness (QED) is 0.831. The Hall–Kier alpha value is -1.68. The number of hydrogen-bond donors (Lipinski definition) is 0. The van der Waals surface area contributed by atoms with Crippen molar-refractivity contribution in [3.05, 3.63) is 47.7 Å². The molecule has 4 heteroatoms. The Labute approximate surface area is 107 Å². The molecule has 2 heterocycles. The van der Waals surface area contributed by atoms with Crippen LogP contribution in [0.15, 0.2) is 34.7 Å². The van der Waals surface area contributed by atoms with Crippen LogP contribution in [0.5, 0.6) is 0 Å². The van der Waals surface area contributed by atoms with Gasteiger partial charge in [-0.05, 0) is 24.9 Å². The minimum Gasteiger partial charge on any atom is -0.424 e. The first-order valence-corrected chi connectivity index (χ1v) is 6.41. The third-order valence-electron chi connectivity index (χ3n) is 3.45. The van der Waals surface area contributed by atoms with E-state index in [-0.39, 0.29) is 0 Å². The van der Waals surface area contributed by atoms with Gasteiger partial charge in [-0.15, -0.1) is 10.2 Å². The molecule has 0 radical (unpaired) electrons. The van der Waals surface area contributed by atoms with Crippen LogP contribution in [0.3, 0.4) is 0 Å². The molecule has 1 aliphatic heterocycles. The summed E-state index contributed by atoms with van der Waals surface area (Å²) in [4.78, 5) is 2.42. The molecule has 0 N–H and O–H groups in total. The maximum atomic E-state index is 5.47. The van der Waals surface area contributed by atoms with Crippen LogP contribution < -0.4 is 0 Å². The molecule has 1 aliphatic rings. The van der Waals surface area contributed by atoms with Crippen LogP contribution >= 0.6 is 0 Å². The number of rotatable bonds is 3. The second-order valence-corrected chi connectivity index (χ2v) is 4.75. The van der Waals surface area contributed by atoms with Gasteiger partial charge in [0.05, 0.1) is 6.54 Å². The molecule has 1 saturated heterocycles. The molecule has 0 amide bonds. The van der Waals surface area contributed by atoms with Crippen LogP contribution in [0.2, 0.25) is 0 Å². The average Bonchev–Trinajstić information content (AvgIpc) is 3.00. The van der Waals surface area contributed by atoms with E-state index in [2.05, 4.69) is 45.4 Å². The van der Waals surface area contributed by atoms with Crippen molar-refractivity contribution in [3.8, 4) is 0 Å². The standard InChI is InChI=1S/C14H17N3O/c1-11-15-16-14(18-11)10-17-9-5-8-13(17)12-6-3-2-4-7-12/h2-4,6-7,13H,5,8-10H2,1H3/t13-/m0/s1. The van der Waals surface area contributed by atoms with E-state index in [9.17, 15) is 0 Å². The molecule has 4 nitrogen and oxygen atoms in total. The van der Waals surface area contributed by atoms with Gasteiger partial charge in [0, 0.05) is 13.0 Å². The van der Waals surface area contributed by atoms with Gasteiger partial charge < -0.3 is 4.42 Å². The third-order valence-corrected chi connectivity index (χ3v) is 3.45. The van der Waals surface area contributed by atoms with Gasteiger partial charge >= 0.3 is 0 Å². The predicted molar refractivity (Wildman–Crippen MR) is 67.9 cm³/mol. The zero-order valence-electron chi connectivity index (χ0n) is 10.5. The lowest BCUT2D eigenvalue weighted by Crippen LogP contribution is -2.22. The van der Waals surface area contributed by atoms with Crippen molar-refractivity contribution in [3.63, 3.8) is 0 Å². The van der Waals surface area contributed by atoms with Crippen molar-refractivity contribution in [1.29, 1.82) is 0 Å². The molecule has 1 fully saturated rings. The lowest BCUT2D eigenvalue weighted by molar-refractivity contribution is 0.222. The fourth-order valence-corrected chi connectivity index (χ4v) is 2.64. The zero-order chi connectivity index (χ0) is 12.4. The summed E-state index contributed by atoms with van der Waals surface area (Å²) in [5.41, 5.74) is 1.38. The molecular formula is C14H17N3O. The number of hydrogen-bond acceptors (Lipinski definition) is 4. The predicted octanol–water partition coefficient (Wildman–Crippen LogP) is 2.72. The van der Waals surface area contributed by atoms with E-state index in [1.54, 1.807) is 0 Å². The van der Waals surface area contributed by atoms with E-state index in [0.717, 1.165) is 19.0 Å². The molecule has 1 atom stereocenters. The summed E-state index contributed by atoms with van der Waals surface area (Å²) in [7, 11) is 0. The Morgan fingerprint density at radius 3 is 2.83 bits per heavy atom. The third kappa shape index (κ3) is 2.29. The first kappa shape index (κ1) is 11.4. The Kier molecular flexibility index (Phi) is 3.11. The van der Waals surface area contributed by atoms with Crippen molar-refractivity contribution >= 4 is 0 Å². The summed E-state index contributed by atoms with van der Waals surface area (Å²) in [5.74, 6) is 1.36. The average molecular weight is 243 g/mol. The minimum absolute atomic E-state index is 0.485. The molecule has 0 bridgehead atoms. The smallest absolute Gasteiger partial charge is 0.230 e. The summed E-state index contributed by atoms with van der Waals surface area (Å²) >= 11 is 0. The van der Waals surface area contributed by atoms with Gasteiger partial charge in [0.15, 0.2) is 0 Å². The highest BCUT2D eigenvalue weighted by molar-refractivity contribution is 5.20. The van der Waals surface area contributed by atoms with Gasteiger partial charge in [-0.1, -0.05) is 30.3 Å². The molecule has 1 aromatic heterocycles. The monoisotopic (exact) mass is 243 g/mol. The molecule has 0 spiro atoms. The van der Waals surface area contributed by atoms with E-state index in [0.29, 0.717) is 11.9 Å². The van der Waals surface area contributed by atoms with Crippen LogP contribution in [-0.2, 0) is 6.54 Å². The van der Waals surface area contributed by atoms with Crippen molar-refractivity contribution in [2.24, 2.45) is 0 Å². The lowest BCUT2D eigenvalue weighted by Gasteiger charge is -2.23. The van der Waals surface area contributed by atoms with Crippen LogP contribution in [0, 0.1) is 6.92 Å². The number of nitrogens with zero attached hydrogens (tertiary/aromatic N) is 3. The fraction of sp³-hybridized carbons (Fsp3) is 0.429. The summed E-state index contributed by atoms with van der Waals surface area (Å²) in [6, 6.07) is 11.1. The second kappa shape index (κ2) is 4.90. The number of aromatic nitrogens is 2. The highest BCUT2D eigenvalue weighted by Gasteiger charge is 2.27. The van der Waals surface area contributed by atoms with Crippen molar-refractivity contribution < 1.29 is 4.42 Å². The fourth-order valence-electron chi connectivity index (χ4n) is 2.64. The Bertz CT molecular complexity index is 509. The molecule has 1 aromatic carbocycles. The number of likely N-dealkylation sites (tertiary alicyclic amines) is 1. The van der Waals surface area contributed by atoms with Gasteiger partial charge in [0.2, 0.25) is 11.8 Å². The van der Waals surface area contributed by atoms with E-state index >= 15 is 0 Å². The highest BCUT2D eigenvalue weighted by Crippen LogP contribution is 2.32. The molecule has 0 aliphatic carbocycles. The molecule has 18 heavy (non-hydrogen) atoms. The molecule has 3 rings (SSSR count). The first-order valence-electron chi connectivity index (χ1n) is 6.41. The summed E-state index contributed by atoms with van der Waals surface area (Å²) in [6.07, 6.45) is 2.43. The Morgan fingerprint density at radius 2 is 2.11 bits per heavy atom. The maximum Gasteiger partial charge on any atom is 0.230 e. The van der Waals surface area contributed by atoms with Crippen molar-refractivity contribution in [2.45, 2.75) is 32.4 Å². The Balaban J connectivity index is 1.75. The topological polar surface area (TPSA) is 42.2 Å². The van der Waals surface area contributed by atoms with Gasteiger partial charge in [0.1, 0.15) is 0 Å². The highest BCUT2D eigenvalue weighted by atomic mass is 16.4. The summed E-state index contributed by atoms with van der Waals surface area (Å²) in [5, 5.41) is 7.96. The van der Waals surface area contributed by atoms with Gasteiger partial charge in [0.25, 0.3) is 0 Å². The summed E-state index contributed by atoms with van der Waals surface area (Å²) < 4.78 is 5.47. The molecule has 2 aromatic rings. The van der Waals surface area contributed by atoms with Gasteiger partial charge in [-0.3, -0.25) is 4.90 Å². The van der Waals surface area contributed by atoms with Crippen molar-refractivity contribution in [1.82, 2.24) is 15.1 Å². The maximum absolute atomic E-state index is 5.47.